The molecule has 0 radical (unpaired) electrons. The van der Waals surface area contributed by atoms with Gasteiger partial charge in [0.1, 0.15) is 0 Å². The molecule has 2 rings (SSSR count). The van der Waals surface area contributed by atoms with Gasteiger partial charge in [-0.15, -0.1) is 0 Å². The third-order valence-electron chi connectivity index (χ3n) is 2.51. The van der Waals surface area contributed by atoms with Gasteiger partial charge in [-0.2, -0.15) is 0 Å². The van der Waals surface area contributed by atoms with E-state index in [-0.39, 0.29) is 5.78 Å². The first-order valence-electron chi connectivity index (χ1n) is 5.17. The number of rotatable bonds is 3. The second-order valence-electron chi connectivity index (χ2n) is 3.66. The van der Waals surface area contributed by atoms with Crippen molar-refractivity contribution in [2.45, 2.75) is 0 Å². The van der Waals surface area contributed by atoms with Crippen molar-refractivity contribution in [2.75, 3.05) is 0 Å². The molecule has 0 saturated carbocycles. The molecule has 2 aromatic carbocycles. The van der Waals surface area contributed by atoms with Crippen LogP contribution in [0.1, 0.15) is 21.5 Å². The van der Waals surface area contributed by atoms with Crippen molar-refractivity contribution in [1.29, 1.82) is 0 Å². The van der Waals surface area contributed by atoms with Crippen LogP contribution >= 0.6 is 35.4 Å². The zero-order valence-electron chi connectivity index (χ0n) is 9.19. The van der Waals surface area contributed by atoms with Gasteiger partial charge in [-0.3, -0.25) is 4.79 Å². The van der Waals surface area contributed by atoms with Gasteiger partial charge < -0.3 is 0 Å². The van der Waals surface area contributed by atoms with Crippen molar-refractivity contribution in [3.63, 3.8) is 0 Å². The van der Waals surface area contributed by atoms with Crippen molar-refractivity contribution in [3.05, 3.63) is 69.2 Å². The standard InChI is InChI=1S/C14H8Cl2OS/c15-12-6-5-9(7-13(12)16)14(17)11-4-2-1-3-10(11)8-18/h1-8H. The van der Waals surface area contributed by atoms with Gasteiger partial charge in [-0.1, -0.05) is 59.7 Å². The zero-order valence-corrected chi connectivity index (χ0v) is 11.5. The van der Waals surface area contributed by atoms with Crippen molar-refractivity contribution in [2.24, 2.45) is 0 Å². The first-order valence-corrected chi connectivity index (χ1v) is 6.40. The van der Waals surface area contributed by atoms with Gasteiger partial charge >= 0.3 is 0 Å². The lowest BCUT2D eigenvalue weighted by Gasteiger charge is -2.05. The Kier molecular flexibility index (Phi) is 4.12. The Morgan fingerprint density at radius 1 is 1.06 bits per heavy atom. The molecule has 0 N–H and O–H groups in total. The van der Waals surface area contributed by atoms with Gasteiger partial charge in [0.2, 0.25) is 0 Å². The summed E-state index contributed by atoms with van der Waals surface area (Å²) in [6.45, 7) is 0. The first kappa shape index (κ1) is 13.2. The van der Waals surface area contributed by atoms with Gasteiger partial charge in [0.15, 0.2) is 5.78 Å². The molecule has 0 fully saturated rings. The predicted octanol–water partition coefficient (Wildman–Crippen LogP) is 4.57. The van der Waals surface area contributed by atoms with E-state index in [1.54, 1.807) is 36.4 Å². The molecule has 0 saturated heterocycles. The van der Waals surface area contributed by atoms with Crippen molar-refractivity contribution >= 4 is 46.6 Å². The molecule has 4 heteroatoms. The second kappa shape index (κ2) is 5.61. The number of hydrogen-bond donors (Lipinski definition) is 0. The lowest BCUT2D eigenvalue weighted by Crippen LogP contribution is -2.04. The Labute approximate surface area is 120 Å². The summed E-state index contributed by atoms with van der Waals surface area (Å²) in [6, 6.07) is 12.0. The number of halogens is 2. The average Bonchev–Trinajstić information content (AvgIpc) is 2.41. The van der Waals surface area contributed by atoms with Crippen LogP contribution < -0.4 is 0 Å². The number of carbonyl (C=O) groups excluding carboxylic acids is 1. The highest BCUT2D eigenvalue weighted by molar-refractivity contribution is 7.79. The van der Waals surface area contributed by atoms with E-state index in [0.29, 0.717) is 21.2 Å². The Balaban J connectivity index is 2.48. The molecule has 0 amide bonds. The summed E-state index contributed by atoms with van der Waals surface area (Å²) in [7, 11) is 0. The fraction of sp³-hybridized carbons (Fsp3) is 0. The van der Waals surface area contributed by atoms with E-state index < -0.39 is 0 Å². The summed E-state index contributed by atoms with van der Waals surface area (Å²) < 4.78 is 0. The van der Waals surface area contributed by atoms with Gasteiger partial charge in [0, 0.05) is 16.5 Å². The smallest absolute Gasteiger partial charge is 0.193 e. The quantitative estimate of drug-likeness (QED) is 0.609. The molecule has 0 aliphatic rings. The largest absolute Gasteiger partial charge is 0.289 e. The molecule has 0 aliphatic heterocycles. The molecule has 0 aromatic heterocycles. The van der Waals surface area contributed by atoms with E-state index >= 15 is 0 Å². The maximum absolute atomic E-state index is 12.3. The van der Waals surface area contributed by atoms with Gasteiger partial charge in [-0.25, -0.2) is 0 Å². The van der Waals surface area contributed by atoms with Crippen LogP contribution in [0.5, 0.6) is 0 Å². The highest BCUT2D eigenvalue weighted by Crippen LogP contribution is 2.24. The topological polar surface area (TPSA) is 17.1 Å². The first-order chi connectivity index (χ1) is 8.63. The monoisotopic (exact) mass is 294 g/mol. The maximum atomic E-state index is 12.3. The van der Waals surface area contributed by atoms with E-state index in [4.69, 9.17) is 35.4 Å². The van der Waals surface area contributed by atoms with Crippen molar-refractivity contribution in [3.8, 4) is 0 Å². The molecule has 2 aromatic rings. The molecule has 0 heterocycles. The molecule has 0 aliphatic carbocycles. The molecular weight excluding hydrogens is 287 g/mol. The Bertz CT molecular complexity index is 623. The normalized spacial score (nSPS) is 10.1. The van der Waals surface area contributed by atoms with E-state index in [2.05, 4.69) is 0 Å². The fourth-order valence-corrected chi connectivity index (χ4v) is 2.10. The van der Waals surface area contributed by atoms with Crippen LogP contribution in [0.25, 0.3) is 0 Å². The molecule has 90 valence electrons. The Morgan fingerprint density at radius 2 is 1.78 bits per heavy atom. The number of ketones is 1. The lowest BCUT2D eigenvalue weighted by atomic mass is 9.99. The summed E-state index contributed by atoms with van der Waals surface area (Å²) >= 11 is 16.6. The maximum Gasteiger partial charge on any atom is 0.193 e. The average molecular weight is 295 g/mol. The van der Waals surface area contributed by atoms with Gasteiger partial charge in [0.25, 0.3) is 0 Å². The number of carbonyl (C=O) groups is 1. The van der Waals surface area contributed by atoms with Crippen LogP contribution in [0.4, 0.5) is 0 Å². The summed E-state index contributed by atoms with van der Waals surface area (Å²) in [4.78, 5) is 12.3. The molecule has 0 unspecified atom stereocenters. The summed E-state index contributed by atoms with van der Waals surface area (Å²) in [6.07, 6.45) is 0. The minimum absolute atomic E-state index is 0.120. The number of hydrogen-bond acceptors (Lipinski definition) is 2. The molecule has 18 heavy (non-hydrogen) atoms. The highest BCUT2D eigenvalue weighted by Gasteiger charge is 2.13. The summed E-state index contributed by atoms with van der Waals surface area (Å²) in [5.74, 6) is -0.120. The molecule has 0 bridgehead atoms. The third-order valence-corrected chi connectivity index (χ3v) is 3.51. The lowest BCUT2D eigenvalue weighted by molar-refractivity contribution is 0.103. The van der Waals surface area contributed by atoms with Crippen LogP contribution in [0.2, 0.25) is 10.0 Å². The second-order valence-corrected chi connectivity index (χ2v) is 4.71. The van der Waals surface area contributed by atoms with E-state index in [1.807, 2.05) is 6.07 Å². The number of benzene rings is 2. The van der Waals surface area contributed by atoms with Crippen LogP contribution in [-0.4, -0.2) is 11.2 Å². The van der Waals surface area contributed by atoms with E-state index in [0.717, 1.165) is 5.56 Å². The molecule has 0 atom stereocenters. The van der Waals surface area contributed by atoms with Crippen LogP contribution in [0.15, 0.2) is 42.5 Å². The Hall–Kier alpha value is -1.22. The molecule has 1 nitrogen and oxygen atoms in total. The minimum Gasteiger partial charge on any atom is -0.289 e. The SMILES string of the molecule is O=C(c1ccc(Cl)c(Cl)c1)c1ccccc1C=S. The van der Waals surface area contributed by atoms with Crippen molar-refractivity contribution in [1.82, 2.24) is 0 Å². The zero-order chi connectivity index (χ0) is 13.1. The van der Waals surface area contributed by atoms with E-state index in [1.165, 1.54) is 5.37 Å². The Morgan fingerprint density at radius 3 is 2.44 bits per heavy atom. The summed E-state index contributed by atoms with van der Waals surface area (Å²) in [5, 5.41) is 2.28. The summed E-state index contributed by atoms with van der Waals surface area (Å²) in [5.41, 5.74) is 1.78. The van der Waals surface area contributed by atoms with Gasteiger partial charge in [-0.05, 0) is 23.8 Å². The van der Waals surface area contributed by atoms with Crippen molar-refractivity contribution < 1.29 is 4.79 Å². The van der Waals surface area contributed by atoms with E-state index in [9.17, 15) is 4.79 Å². The van der Waals surface area contributed by atoms with Gasteiger partial charge in [0.05, 0.1) is 10.0 Å². The van der Waals surface area contributed by atoms with Crippen LogP contribution in [0.3, 0.4) is 0 Å². The highest BCUT2D eigenvalue weighted by atomic mass is 35.5. The molecule has 0 spiro atoms. The third kappa shape index (κ3) is 2.61. The fourth-order valence-electron chi connectivity index (χ4n) is 1.60. The van der Waals surface area contributed by atoms with Crippen LogP contribution in [0, 0.1) is 0 Å². The minimum atomic E-state index is -0.120. The predicted molar refractivity (Wildman–Crippen MR) is 79.1 cm³/mol. The number of thiocarbonyl (C=S) groups is 1. The van der Waals surface area contributed by atoms with Crippen LogP contribution in [-0.2, 0) is 0 Å². The molecular formula is C14H8Cl2OS.